The van der Waals surface area contributed by atoms with Crippen LogP contribution in [0.3, 0.4) is 0 Å². The van der Waals surface area contributed by atoms with Crippen LogP contribution in [0.2, 0.25) is 0 Å². The monoisotopic (exact) mass is 287 g/mol. The molecule has 0 spiro atoms. The Morgan fingerprint density at radius 2 is 1.68 bits per heavy atom. The van der Waals surface area contributed by atoms with E-state index in [4.69, 9.17) is 0 Å². The molecule has 5 nitrogen and oxygen atoms in total. The van der Waals surface area contributed by atoms with Crippen LogP contribution in [0, 0.1) is 0 Å². The van der Waals surface area contributed by atoms with Gasteiger partial charge < -0.3 is 5.32 Å². The van der Waals surface area contributed by atoms with E-state index in [1.165, 1.54) is 0 Å². The van der Waals surface area contributed by atoms with Crippen molar-refractivity contribution in [3.05, 3.63) is 73.1 Å². The van der Waals surface area contributed by atoms with Crippen molar-refractivity contribution < 1.29 is 0 Å². The van der Waals surface area contributed by atoms with Crippen molar-refractivity contribution in [1.82, 2.24) is 19.7 Å². The zero-order chi connectivity index (χ0) is 14.8. The highest BCUT2D eigenvalue weighted by molar-refractivity contribution is 5.79. The predicted octanol–water partition coefficient (Wildman–Crippen LogP) is 3.56. The minimum absolute atomic E-state index is 0.545. The van der Waals surface area contributed by atoms with Crippen molar-refractivity contribution in [2.45, 2.75) is 0 Å². The highest BCUT2D eigenvalue weighted by Crippen LogP contribution is 2.18. The summed E-state index contributed by atoms with van der Waals surface area (Å²) in [7, 11) is 0. The van der Waals surface area contributed by atoms with Gasteiger partial charge in [-0.3, -0.25) is 0 Å². The molecule has 106 valence electrons. The van der Waals surface area contributed by atoms with Crippen molar-refractivity contribution in [2.75, 3.05) is 5.32 Å². The lowest BCUT2D eigenvalue weighted by molar-refractivity contribution is 0.868. The molecule has 0 unspecified atom stereocenters. The fraction of sp³-hybridized carbons (Fsp3) is 0. The van der Waals surface area contributed by atoms with Crippen LogP contribution in [0.1, 0.15) is 0 Å². The molecule has 5 heteroatoms. The number of anilines is 2. The normalized spacial score (nSPS) is 10.7. The zero-order valence-corrected chi connectivity index (χ0v) is 11.7. The van der Waals surface area contributed by atoms with E-state index in [9.17, 15) is 0 Å². The minimum Gasteiger partial charge on any atom is -0.324 e. The van der Waals surface area contributed by atoms with Crippen LogP contribution >= 0.6 is 0 Å². The van der Waals surface area contributed by atoms with Gasteiger partial charge in [0.1, 0.15) is 0 Å². The smallest absolute Gasteiger partial charge is 0.229 e. The van der Waals surface area contributed by atoms with Crippen molar-refractivity contribution in [3.8, 4) is 5.82 Å². The summed E-state index contributed by atoms with van der Waals surface area (Å²) in [6.07, 6.45) is 3.56. The summed E-state index contributed by atoms with van der Waals surface area (Å²) in [4.78, 5) is 8.80. The number of aromatic nitrogens is 4. The molecule has 22 heavy (non-hydrogen) atoms. The second kappa shape index (κ2) is 5.29. The number of hydrogen-bond acceptors (Lipinski definition) is 4. The van der Waals surface area contributed by atoms with Crippen LogP contribution in [-0.2, 0) is 0 Å². The molecular weight excluding hydrogens is 274 g/mol. The molecule has 0 atom stereocenters. The van der Waals surface area contributed by atoms with E-state index in [1.54, 1.807) is 6.20 Å². The Kier molecular flexibility index (Phi) is 3.01. The number of benzene rings is 2. The van der Waals surface area contributed by atoms with E-state index in [-0.39, 0.29) is 0 Å². The maximum Gasteiger partial charge on any atom is 0.229 e. The van der Waals surface area contributed by atoms with Gasteiger partial charge in [0.05, 0.1) is 11.7 Å². The third kappa shape index (κ3) is 2.29. The standard InChI is InChI=1S/C17H13N5/c1-2-7-14(8-3-1)20-17-18-11-10-16(21-17)22-15-9-5-4-6-13(15)12-19-22/h1-12H,(H,18,20,21). The van der Waals surface area contributed by atoms with Gasteiger partial charge in [-0.1, -0.05) is 36.4 Å². The van der Waals surface area contributed by atoms with E-state index in [2.05, 4.69) is 20.4 Å². The van der Waals surface area contributed by atoms with Crippen molar-refractivity contribution in [2.24, 2.45) is 0 Å². The molecule has 2 aromatic carbocycles. The van der Waals surface area contributed by atoms with Crippen LogP contribution < -0.4 is 5.32 Å². The van der Waals surface area contributed by atoms with Gasteiger partial charge in [0.25, 0.3) is 0 Å². The number of fused-ring (bicyclic) bond motifs is 1. The number of nitrogens with one attached hydrogen (secondary N) is 1. The first-order valence-electron chi connectivity index (χ1n) is 6.98. The Morgan fingerprint density at radius 1 is 0.864 bits per heavy atom. The first-order chi connectivity index (χ1) is 10.9. The summed E-state index contributed by atoms with van der Waals surface area (Å²) in [6, 6.07) is 19.7. The summed E-state index contributed by atoms with van der Waals surface area (Å²) in [5, 5.41) is 8.69. The van der Waals surface area contributed by atoms with Gasteiger partial charge in [0.2, 0.25) is 5.95 Å². The molecule has 0 aliphatic carbocycles. The second-order valence-corrected chi connectivity index (χ2v) is 4.84. The molecule has 0 amide bonds. The Balaban J connectivity index is 1.73. The molecule has 0 aliphatic rings. The largest absolute Gasteiger partial charge is 0.324 e. The van der Waals surface area contributed by atoms with Crippen molar-refractivity contribution in [1.29, 1.82) is 0 Å². The van der Waals surface area contributed by atoms with Crippen molar-refractivity contribution >= 4 is 22.5 Å². The fourth-order valence-electron chi connectivity index (χ4n) is 2.33. The highest BCUT2D eigenvalue weighted by atomic mass is 15.3. The lowest BCUT2D eigenvalue weighted by atomic mass is 10.2. The average molecular weight is 287 g/mol. The highest BCUT2D eigenvalue weighted by Gasteiger charge is 2.06. The summed E-state index contributed by atoms with van der Waals surface area (Å²) in [5.41, 5.74) is 1.97. The first kappa shape index (κ1) is 12.5. The average Bonchev–Trinajstić information content (AvgIpc) is 3.00. The lowest BCUT2D eigenvalue weighted by Crippen LogP contribution is -2.03. The number of nitrogens with zero attached hydrogens (tertiary/aromatic N) is 4. The molecule has 4 rings (SSSR count). The van der Waals surface area contributed by atoms with E-state index >= 15 is 0 Å². The van der Waals surface area contributed by atoms with Crippen molar-refractivity contribution in [3.63, 3.8) is 0 Å². The van der Waals surface area contributed by atoms with E-state index in [1.807, 2.05) is 71.5 Å². The molecule has 2 aromatic heterocycles. The molecule has 2 heterocycles. The molecule has 0 saturated carbocycles. The Labute approximate surface area is 127 Å². The van der Waals surface area contributed by atoms with Crippen LogP contribution in [-0.4, -0.2) is 19.7 Å². The summed E-state index contributed by atoms with van der Waals surface area (Å²) in [5.74, 6) is 1.28. The third-order valence-corrected chi connectivity index (χ3v) is 3.37. The van der Waals surface area contributed by atoms with Gasteiger partial charge in [-0.15, -0.1) is 0 Å². The molecular formula is C17H13N5. The van der Waals surface area contributed by atoms with Gasteiger partial charge in [0.15, 0.2) is 5.82 Å². The lowest BCUT2D eigenvalue weighted by Gasteiger charge is -2.07. The predicted molar refractivity (Wildman–Crippen MR) is 86.4 cm³/mol. The third-order valence-electron chi connectivity index (χ3n) is 3.37. The number of hydrogen-bond donors (Lipinski definition) is 1. The van der Waals surface area contributed by atoms with Gasteiger partial charge in [0, 0.05) is 23.3 Å². The maximum atomic E-state index is 4.54. The van der Waals surface area contributed by atoms with Gasteiger partial charge in [-0.25, -0.2) is 9.67 Å². The molecule has 0 aliphatic heterocycles. The quantitative estimate of drug-likeness (QED) is 0.626. The first-order valence-corrected chi connectivity index (χ1v) is 6.98. The fourth-order valence-corrected chi connectivity index (χ4v) is 2.33. The molecule has 0 saturated heterocycles. The van der Waals surface area contributed by atoms with Crippen LogP contribution in [0.15, 0.2) is 73.1 Å². The molecule has 0 radical (unpaired) electrons. The van der Waals surface area contributed by atoms with Crippen LogP contribution in [0.5, 0.6) is 0 Å². The zero-order valence-electron chi connectivity index (χ0n) is 11.7. The Morgan fingerprint density at radius 3 is 2.59 bits per heavy atom. The molecule has 0 bridgehead atoms. The summed E-state index contributed by atoms with van der Waals surface area (Å²) >= 11 is 0. The Bertz CT molecular complexity index is 914. The van der Waals surface area contributed by atoms with Gasteiger partial charge in [-0.2, -0.15) is 10.1 Å². The Hall–Kier alpha value is -3.21. The molecule has 0 fully saturated rings. The van der Waals surface area contributed by atoms with E-state index in [0.717, 1.165) is 22.4 Å². The second-order valence-electron chi connectivity index (χ2n) is 4.84. The number of rotatable bonds is 3. The SMILES string of the molecule is c1ccc(Nc2nccc(-n3ncc4ccccc43)n2)cc1. The van der Waals surface area contributed by atoms with E-state index in [0.29, 0.717) is 5.95 Å². The number of para-hydroxylation sites is 2. The molecule has 4 aromatic rings. The van der Waals surface area contributed by atoms with Gasteiger partial charge in [-0.05, 0) is 18.2 Å². The maximum absolute atomic E-state index is 4.54. The topological polar surface area (TPSA) is 55.6 Å². The van der Waals surface area contributed by atoms with Crippen LogP contribution in [0.25, 0.3) is 16.7 Å². The van der Waals surface area contributed by atoms with Crippen LogP contribution in [0.4, 0.5) is 11.6 Å². The molecule has 1 N–H and O–H groups in total. The summed E-state index contributed by atoms with van der Waals surface area (Å²) < 4.78 is 1.81. The minimum atomic E-state index is 0.545. The van der Waals surface area contributed by atoms with Gasteiger partial charge >= 0.3 is 0 Å². The summed E-state index contributed by atoms with van der Waals surface area (Å²) in [6.45, 7) is 0. The van der Waals surface area contributed by atoms with E-state index < -0.39 is 0 Å².